The van der Waals surface area contributed by atoms with E-state index in [1.165, 1.54) is 22.7 Å². The lowest BCUT2D eigenvalue weighted by atomic mass is 10.2. The minimum atomic E-state index is -0.315. The van der Waals surface area contributed by atoms with E-state index in [4.69, 9.17) is 21.7 Å². The molecular weight excluding hydrogens is 432 g/mol. The Labute approximate surface area is 179 Å². The first-order valence-corrected chi connectivity index (χ1v) is 10.6. The lowest BCUT2D eigenvalue weighted by Crippen LogP contribution is -2.23. The molecule has 0 atom stereocenters. The monoisotopic (exact) mass is 446 g/mol. The maximum absolute atomic E-state index is 12.7. The first-order valence-electron chi connectivity index (χ1n) is 8.56. The van der Waals surface area contributed by atoms with Crippen LogP contribution in [0.15, 0.2) is 47.8 Å². The highest BCUT2D eigenvalue weighted by Crippen LogP contribution is 2.27. The van der Waals surface area contributed by atoms with E-state index in [-0.39, 0.29) is 17.8 Å². The molecule has 0 aliphatic carbocycles. The third-order valence-corrected chi connectivity index (χ3v) is 6.30. The highest BCUT2D eigenvalue weighted by molar-refractivity contribution is 7.18. The summed E-state index contributed by atoms with van der Waals surface area (Å²) in [5.41, 5.74) is 1.88. The number of hydrogen-bond acceptors (Lipinski definition) is 6. The van der Waals surface area contributed by atoms with Crippen LogP contribution in [-0.2, 0) is 4.74 Å². The molecule has 1 fully saturated rings. The van der Waals surface area contributed by atoms with Gasteiger partial charge in [-0.1, -0.05) is 11.6 Å². The molecule has 2 aromatic heterocycles. The highest BCUT2D eigenvalue weighted by atomic mass is 35.5. The number of carbonyl (C=O) groups is 2. The van der Waals surface area contributed by atoms with Gasteiger partial charge >= 0.3 is 0 Å². The smallest absolute Gasteiger partial charge is 0.289 e. The lowest BCUT2D eigenvalue weighted by molar-refractivity contribution is 0.103. The number of anilines is 3. The summed E-state index contributed by atoms with van der Waals surface area (Å²) in [5.74, 6) is -0.626. The van der Waals surface area contributed by atoms with E-state index in [0.29, 0.717) is 38.6 Å². The molecule has 1 aliphatic heterocycles. The van der Waals surface area contributed by atoms with E-state index in [2.05, 4.69) is 10.6 Å². The van der Waals surface area contributed by atoms with Crippen LogP contribution in [0.4, 0.5) is 17.1 Å². The number of benzene rings is 1. The zero-order chi connectivity index (χ0) is 20.4. The summed E-state index contributed by atoms with van der Waals surface area (Å²) < 4.78 is 5.67. The number of rotatable bonds is 5. The van der Waals surface area contributed by atoms with Gasteiger partial charge in [0.05, 0.1) is 21.4 Å². The molecule has 0 unspecified atom stereocenters. The second-order valence-corrected chi connectivity index (χ2v) is 8.66. The van der Waals surface area contributed by atoms with Gasteiger partial charge in [-0.2, -0.15) is 0 Å². The third kappa shape index (κ3) is 4.26. The molecule has 3 N–H and O–H groups in total. The van der Waals surface area contributed by atoms with Gasteiger partial charge in [-0.15, -0.1) is 22.7 Å². The number of ether oxygens (including phenoxy) is 1. The number of thiophene rings is 2. The number of hydrogen-bond donors (Lipinski definition) is 3. The molecule has 3 aromatic rings. The van der Waals surface area contributed by atoms with E-state index in [1.54, 1.807) is 40.6 Å². The standard InChI is InChI=1S/C19H15ClN4O3S2/c20-15-6-5-14(29-15)17(25)23-13-7-10-28-16(13)18(26)22-11-1-3-12(4-2-11)24-8-9-27-19(24)21/h1-7,10,21H,8-9H2,(H,22,26)(H,23,25). The van der Waals surface area contributed by atoms with Gasteiger partial charge in [-0.25, -0.2) is 0 Å². The van der Waals surface area contributed by atoms with Crippen molar-refractivity contribution < 1.29 is 14.3 Å². The molecule has 0 saturated carbocycles. The SMILES string of the molecule is N=C1OCCN1c1ccc(NC(=O)c2sccc2NC(=O)c2ccc(Cl)s2)cc1. The molecule has 1 aliphatic rings. The zero-order valence-electron chi connectivity index (χ0n) is 14.9. The summed E-state index contributed by atoms with van der Waals surface area (Å²) >= 11 is 8.29. The molecule has 29 heavy (non-hydrogen) atoms. The summed E-state index contributed by atoms with van der Waals surface area (Å²) in [6, 6.07) is 12.3. The number of amides is 2. The van der Waals surface area contributed by atoms with Gasteiger partial charge in [0.25, 0.3) is 17.8 Å². The highest BCUT2D eigenvalue weighted by Gasteiger charge is 2.20. The minimum absolute atomic E-state index is 0.118. The topological polar surface area (TPSA) is 94.5 Å². The van der Waals surface area contributed by atoms with Crippen LogP contribution in [0.2, 0.25) is 4.34 Å². The van der Waals surface area contributed by atoms with Crippen molar-refractivity contribution in [3.63, 3.8) is 0 Å². The fourth-order valence-electron chi connectivity index (χ4n) is 2.78. The van der Waals surface area contributed by atoms with Gasteiger partial charge in [0.15, 0.2) is 0 Å². The van der Waals surface area contributed by atoms with Gasteiger partial charge in [0.1, 0.15) is 11.5 Å². The van der Waals surface area contributed by atoms with Crippen LogP contribution >= 0.6 is 34.3 Å². The Kier molecular flexibility index (Phi) is 5.52. The second-order valence-electron chi connectivity index (χ2n) is 6.03. The molecule has 4 rings (SSSR count). The first kappa shape index (κ1) is 19.4. The Hall–Kier alpha value is -2.88. The molecule has 1 aromatic carbocycles. The summed E-state index contributed by atoms with van der Waals surface area (Å²) in [7, 11) is 0. The summed E-state index contributed by atoms with van der Waals surface area (Å²) in [6.07, 6.45) is 0. The Morgan fingerprint density at radius 1 is 1.07 bits per heavy atom. The molecule has 1 saturated heterocycles. The molecule has 0 bridgehead atoms. The molecule has 148 valence electrons. The number of carbonyl (C=O) groups excluding carboxylic acids is 2. The molecule has 0 radical (unpaired) electrons. The van der Waals surface area contributed by atoms with Crippen molar-refractivity contribution in [1.82, 2.24) is 0 Å². The fraction of sp³-hybridized carbons (Fsp3) is 0.105. The fourth-order valence-corrected chi connectivity index (χ4v) is 4.46. The summed E-state index contributed by atoms with van der Waals surface area (Å²) in [4.78, 5) is 27.6. The number of nitrogens with one attached hydrogen (secondary N) is 3. The van der Waals surface area contributed by atoms with E-state index in [0.717, 1.165) is 5.69 Å². The van der Waals surface area contributed by atoms with Crippen molar-refractivity contribution in [3.8, 4) is 0 Å². The van der Waals surface area contributed by atoms with Crippen molar-refractivity contribution in [1.29, 1.82) is 5.41 Å². The van der Waals surface area contributed by atoms with E-state index in [9.17, 15) is 9.59 Å². The van der Waals surface area contributed by atoms with Gasteiger partial charge in [-0.05, 0) is 47.8 Å². The number of halogens is 1. The first-order chi connectivity index (χ1) is 14.0. The van der Waals surface area contributed by atoms with Crippen molar-refractivity contribution in [2.24, 2.45) is 0 Å². The van der Waals surface area contributed by atoms with Crippen molar-refractivity contribution >= 4 is 69.2 Å². The van der Waals surface area contributed by atoms with E-state index < -0.39 is 0 Å². The van der Waals surface area contributed by atoms with Crippen LogP contribution in [0.5, 0.6) is 0 Å². The van der Waals surface area contributed by atoms with Gasteiger partial charge in [0, 0.05) is 11.4 Å². The maximum atomic E-state index is 12.7. The summed E-state index contributed by atoms with van der Waals surface area (Å²) in [5, 5.41) is 15.1. The Bertz CT molecular complexity index is 1080. The van der Waals surface area contributed by atoms with E-state index >= 15 is 0 Å². The lowest BCUT2D eigenvalue weighted by Gasteiger charge is -2.15. The Balaban J connectivity index is 1.43. The van der Waals surface area contributed by atoms with Gasteiger partial charge < -0.3 is 15.4 Å². The predicted octanol–water partition coefficient (Wildman–Crippen LogP) is 4.74. The van der Waals surface area contributed by atoms with Gasteiger partial charge in [-0.3, -0.25) is 19.9 Å². The molecule has 10 heteroatoms. The largest absolute Gasteiger partial charge is 0.463 e. The molecular formula is C19H15ClN4O3S2. The summed E-state index contributed by atoms with van der Waals surface area (Å²) in [6.45, 7) is 1.11. The van der Waals surface area contributed by atoms with Crippen LogP contribution < -0.4 is 15.5 Å². The Morgan fingerprint density at radius 3 is 2.52 bits per heavy atom. The maximum Gasteiger partial charge on any atom is 0.289 e. The molecule has 2 amide bonds. The van der Waals surface area contributed by atoms with Gasteiger partial charge in [0.2, 0.25) is 0 Å². The average Bonchev–Trinajstić information content (AvgIpc) is 3.44. The van der Waals surface area contributed by atoms with Crippen LogP contribution in [0.1, 0.15) is 19.3 Å². The number of nitrogens with zero attached hydrogens (tertiary/aromatic N) is 1. The third-order valence-electron chi connectivity index (χ3n) is 4.15. The number of amidine groups is 1. The second kappa shape index (κ2) is 8.24. The van der Waals surface area contributed by atoms with Crippen LogP contribution in [0, 0.1) is 5.41 Å². The van der Waals surface area contributed by atoms with E-state index in [1.807, 2.05) is 12.1 Å². The van der Waals surface area contributed by atoms with Crippen molar-refractivity contribution in [3.05, 3.63) is 61.9 Å². The quantitative estimate of drug-likeness (QED) is 0.527. The van der Waals surface area contributed by atoms with Crippen LogP contribution in [0.25, 0.3) is 0 Å². The molecule has 7 nitrogen and oxygen atoms in total. The van der Waals surface area contributed by atoms with Crippen molar-refractivity contribution in [2.45, 2.75) is 0 Å². The average molecular weight is 447 g/mol. The molecule has 3 heterocycles. The van der Waals surface area contributed by atoms with Crippen LogP contribution in [-0.4, -0.2) is 31.0 Å². The van der Waals surface area contributed by atoms with Crippen molar-refractivity contribution in [2.75, 3.05) is 28.7 Å². The van der Waals surface area contributed by atoms with Crippen LogP contribution in [0.3, 0.4) is 0 Å². The predicted molar refractivity (Wildman–Crippen MR) is 117 cm³/mol. The Morgan fingerprint density at radius 2 is 1.86 bits per heavy atom. The normalized spacial score (nSPS) is 13.3. The minimum Gasteiger partial charge on any atom is -0.463 e. The molecule has 0 spiro atoms. The zero-order valence-corrected chi connectivity index (χ0v) is 17.3.